The van der Waals surface area contributed by atoms with Crippen LogP contribution >= 0.6 is 15.9 Å². The number of likely N-dealkylation sites (N-methyl/N-ethyl adjacent to an activating group) is 1. The smallest absolute Gasteiger partial charge is 0.283 e. The Morgan fingerprint density at radius 3 is 2.86 bits per heavy atom. The normalized spacial score (nSPS) is 20.3. The van der Waals surface area contributed by atoms with Crippen molar-refractivity contribution >= 4 is 21.6 Å². The van der Waals surface area contributed by atoms with Crippen molar-refractivity contribution in [3.63, 3.8) is 0 Å². The number of nitrogens with two attached hydrogens (primary N) is 1. The summed E-state index contributed by atoms with van der Waals surface area (Å²) in [5, 5.41) is 4.30. The predicted molar refractivity (Wildman–Crippen MR) is 88.7 cm³/mol. The first-order valence-electron chi connectivity index (χ1n) is 7.31. The zero-order valence-corrected chi connectivity index (χ0v) is 14.5. The SMILES string of the molecule is CC(N)C1CCN(c2cnn(CCN(C)C)c(=O)c2Br)C1. The summed E-state index contributed by atoms with van der Waals surface area (Å²) in [5.74, 6) is 0.480. The van der Waals surface area contributed by atoms with Gasteiger partial charge in [-0.1, -0.05) is 0 Å². The quantitative estimate of drug-likeness (QED) is 0.841. The van der Waals surface area contributed by atoms with Crippen molar-refractivity contribution in [3.05, 3.63) is 21.0 Å². The lowest BCUT2D eigenvalue weighted by molar-refractivity contribution is 0.367. The van der Waals surface area contributed by atoms with E-state index in [0.717, 1.165) is 31.7 Å². The minimum atomic E-state index is -0.0707. The van der Waals surface area contributed by atoms with Crippen LogP contribution in [0.15, 0.2) is 15.5 Å². The Balaban J connectivity index is 2.16. The Morgan fingerprint density at radius 1 is 1.57 bits per heavy atom. The molecule has 0 saturated carbocycles. The third kappa shape index (κ3) is 3.84. The molecule has 2 unspecified atom stereocenters. The molecule has 1 aliphatic rings. The van der Waals surface area contributed by atoms with Crippen LogP contribution in [0.25, 0.3) is 0 Å². The van der Waals surface area contributed by atoms with Gasteiger partial charge in [-0.05, 0) is 49.3 Å². The number of halogens is 1. The van der Waals surface area contributed by atoms with Crippen LogP contribution in [0, 0.1) is 5.92 Å². The molecule has 0 radical (unpaired) electrons. The molecule has 2 atom stereocenters. The molecule has 1 aliphatic heterocycles. The van der Waals surface area contributed by atoms with E-state index in [9.17, 15) is 4.79 Å². The Labute approximate surface area is 134 Å². The minimum absolute atomic E-state index is 0.0707. The molecule has 1 fully saturated rings. The fourth-order valence-corrected chi connectivity index (χ4v) is 3.12. The monoisotopic (exact) mass is 357 g/mol. The first-order valence-corrected chi connectivity index (χ1v) is 8.10. The molecule has 7 heteroatoms. The highest BCUT2D eigenvalue weighted by molar-refractivity contribution is 9.10. The highest BCUT2D eigenvalue weighted by Gasteiger charge is 2.27. The lowest BCUT2D eigenvalue weighted by Gasteiger charge is -2.21. The summed E-state index contributed by atoms with van der Waals surface area (Å²) in [7, 11) is 3.96. The van der Waals surface area contributed by atoms with Crippen molar-refractivity contribution < 1.29 is 0 Å². The van der Waals surface area contributed by atoms with Gasteiger partial charge in [0, 0.05) is 25.7 Å². The zero-order valence-electron chi connectivity index (χ0n) is 12.9. The first-order chi connectivity index (χ1) is 9.90. The van der Waals surface area contributed by atoms with Gasteiger partial charge in [-0.15, -0.1) is 0 Å². The van der Waals surface area contributed by atoms with Gasteiger partial charge in [-0.2, -0.15) is 5.10 Å². The van der Waals surface area contributed by atoms with E-state index in [0.29, 0.717) is 16.9 Å². The van der Waals surface area contributed by atoms with E-state index in [1.165, 1.54) is 4.68 Å². The summed E-state index contributed by atoms with van der Waals surface area (Å²) in [4.78, 5) is 16.6. The second-order valence-corrected chi connectivity index (χ2v) is 6.82. The summed E-state index contributed by atoms with van der Waals surface area (Å²) in [6.45, 7) is 5.23. The molecule has 2 N–H and O–H groups in total. The number of anilines is 1. The summed E-state index contributed by atoms with van der Waals surface area (Å²) in [5.41, 5.74) is 6.78. The first kappa shape index (κ1) is 16.5. The van der Waals surface area contributed by atoms with Gasteiger partial charge >= 0.3 is 0 Å². The molecule has 118 valence electrons. The van der Waals surface area contributed by atoms with Crippen LogP contribution in [-0.2, 0) is 6.54 Å². The Morgan fingerprint density at radius 2 is 2.29 bits per heavy atom. The van der Waals surface area contributed by atoms with E-state index in [2.05, 4.69) is 25.9 Å². The van der Waals surface area contributed by atoms with Crippen LogP contribution in [-0.4, -0.2) is 54.5 Å². The summed E-state index contributed by atoms with van der Waals surface area (Å²) in [6.07, 6.45) is 2.85. The summed E-state index contributed by atoms with van der Waals surface area (Å²) >= 11 is 3.45. The van der Waals surface area contributed by atoms with Gasteiger partial charge in [-0.25, -0.2) is 4.68 Å². The molecule has 2 rings (SSSR count). The van der Waals surface area contributed by atoms with Crippen LogP contribution in [0.1, 0.15) is 13.3 Å². The molecule has 1 aromatic heterocycles. The molecule has 6 nitrogen and oxygen atoms in total. The molecular formula is C14H24BrN5O. The molecule has 0 spiro atoms. The van der Waals surface area contributed by atoms with E-state index in [1.54, 1.807) is 6.20 Å². The fourth-order valence-electron chi connectivity index (χ4n) is 2.57. The summed E-state index contributed by atoms with van der Waals surface area (Å²) < 4.78 is 2.11. The van der Waals surface area contributed by atoms with Crippen molar-refractivity contribution in [3.8, 4) is 0 Å². The van der Waals surface area contributed by atoms with Gasteiger partial charge in [0.2, 0.25) is 0 Å². The van der Waals surface area contributed by atoms with Gasteiger partial charge in [0.25, 0.3) is 5.56 Å². The van der Waals surface area contributed by atoms with Gasteiger partial charge in [-0.3, -0.25) is 4.79 Å². The van der Waals surface area contributed by atoms with Crippen molar-refractivity contribution in [1.29, 1.82) is 0 Å². The van der Waals surface area contributed by atoms with E-state index in [-0.39, 0.29) is 11.6 Å². The maximum atomic E-state index is 12.4. The second-order valence-electron chi connectivity index (χ2n) is 6.03. The number of nitrogens with zero attached hydrogens (tertiary/aromatic N) is 4. The molecule has 2 heterocycles. The lowest BCUT2D eigenvalue weighted by Crippen LogP contribution is -2.33. The largest absolute Gasteiger partial charge is 0.369 e. The van der Waals surface area contributed by atoms with Gasteiger partial charge in [0.1, 0.15) is 4.47 Å². The topological polar surface area (TPSA) is 67.4 Å². The highest BCUT2D eigenvalue weighted by Crippen LogP contribution is 2.28. The Bertz CT molecular complexity index is 543. The maximum Gasteiger partial charge on any atom is 0.283 e. The van der Waals surface area contributed by atoms with Gasteiger partial charge in [0.05, 0.1) is 18.4 Å². The van der Waals surface area contributed by atoms with E-state index in [1.807, 2.05) is 25.9 Å². The average Bonchev–Trinajstić information content (AvgIpc) is 2.90. The van der Waals surface area contributed by atoms with Crippen molar-refractivity contribution in [2.24, 2.45) is 11.7 Å². The van der Waals surface area contributed by atoms with E-state index in [4.69, 9.17) is 5.73 Å². The molecule has 1 aromatic rings. The molecular weight excluding hydrogens is 334 g/mol. The highest BCUT2D eigenvalue weighted by atomic mass is 79.9. The second kappa shape index (κ2) is 6.89. The molecule has 0 amide bonds. The van der Waals surface area contributed by atoms with Crippen molar-refractivity contribution in [1.82, 2.24) is 14.7 Å². The van der Waals surface area contributed by atoms with Crippen LogP contribution < -0.4 is 16.2 Å². The molecule has 1 saturated heterocycles. The minimum Gasteiger partial charge on any atom is -0.369 e. The Kier molecular flexibility index (Phi) is 5.40. The molecule has 0 aliphatic carbocycles. The fraction of sp³-hybridized carbons (Fsp3) is 0.714. The standard InChI is InChI=1S/C14H24BrN5O/c1-10(16)11-4-5-19(9-11)12-8-17-20(7-6-18(2)3)14(21)13(12)15/h8,10-11H,4-7,9,16H2,1-3H3. The number of rotatable bonds is 5. The van der Waals surface area contributed by atoms with E-state index < -0.39 is 0 Å². The zero-order chi connectivity index (χ0) is 15.6. The van der Waals surface area contributed by atoms with E-state index >= 15 is 0 Å². The van der Waals surface area contributed by atoms with Crippen LogP contribution in [0.5, 0.6) is 0 Å². The third-order valence-corrected chi connectivity index (χ3v) is 4.78. The lowest BCUT2D eigenvalue weighted by atomic mass is 10.0. The van der Waals surface area contributed by atoms with Crippen LogP contribution in [0.2, 0.25) is 0 Å². The van der Waals surface area contributed by atoms with Gasteiger partial charge < -0.3 is 15.5 Å². The van der Waals surface area contributed by atoms with Crippen LogP contribution in [0.3, 0.4) is 0 Å². The van der Waals surface area contributed by atoms with Crippen molar-refractivity contribution in [2.75, 3.05) is 38.6 Å². The third-order valence-electron chi connectivity index (χ3n) is 4.03. The van der Waals surface area contributed by atoms with Gasteiger partial charge in [0.15, 0.2) is 0 Å². The summed E-state index contributed by atoms with van der Waals surface area (Å²) in [6, 6.07) is 0.183. The average molecular weight is 358 g/mol. The molecule has 0 bridgehead atoms. The number of aromatic nitrogens is 2. The Hall–Kier alpha value is -0.920. The molecule has 0 aromatic carbocycles. The van der Waals surface area contributed by atoms with Crippen molar-refractivity contribution in [2.45, 2.75) is 25.9 Å². The maximum absolute atomic E-state index is 12.4. The predicted octanol–water partition coefficient (Wildman–Crippen LogP) is 0.741. The number of hydrogen-bond donors (Lipinski definition) is 1. The molecule has 21 heavy (non-hydrogen) atoms. The van der Waals surface area contributed by atoms with Crippen LogP contribution in [0.4, 0.5) is 5.69 Å². The number of hydrogen-bond acceptors (Lipinski definition) is 5.